The zero-order valence-corrected chi connectivity index (χ0v) is 18.9. The van der Waals surface area contributed by atoms with Crippen molar-refractivity contribution in [3.63, 3.8) is 0 Å². The number of hydrogen-bond acceptors (Lipinski definition) is 3. The number of hydrogen-bond donors (Lipinski definition) is 0. The monoisotopic (exact) mass is 526 g/mol. The predicted octanol–water partition coefficient (Wildman–Crippen LogP) is 6.41. The summed E-state index contributed by atoms with van der Waals surface area (Å²) in [4.78, 5) is 4.10. The molecule has 3 aromatic rings. The average Bonchev–Trinajstić information content (AvgIpc) is 2.76. The van der Waals surface area contributed by atoms with E-state index in [2.05, 4.69) is 91.9 Å². The molecule has 0 fully saturated rings. The van der Waals surface area contributed by atoms with Gasteiger partial charge >= 0.3 is 17.4 Å². The van der Waals surface area contributed by atoms with Crippen molar-refractivity contribution in [3.05, 3.63) is 90.5 Å². The van der Waals surface area contributed by atoms with Crippen LogP contribution in [0.3, 0.4) is 0 Å². The van der Waals surface area contributed by atoms with Crippen LogP contribution in [0.15, 0.2) is 99.6 Å². The summed E-state index contributed by atoms with van der Waals surface area (Å²) >= 11 is 0. The fourth-order valence-electron chi connectivity index (χ4n) is 2.52. The van der Waals surface area contributed by atoms with Crippen LogP contribution < -0.4 is 0 Å². The zero-order valence-electron chi connectivity index (χ0n) is 17.3. The Morgan fingerprint density at radius 3 is 1.29 bits per heavy atom. The third-order valence-electron chi connectivity index (χ3n) is 4.25. The third-order valence-corrected chi connectivity index (χ3v) is 7.37. The summed E-state index contributed by atoms with van der Waals surface area (Å²) in [5, 5.41) is -6.72. The van der Waals surface area contributed by atoms with E-state index in [0.29, 0.717) is 0 Å². The van der Waals surface area contributed by atoms with Crippen molar-refractivity contribution in [2.45, 2.75) is 39.0 Å². The van der Waals surface area contributed by atoms with Crippen molar-refractivity contribution in [1.82, 2.24) is 0 Å². The summed E-state index contributed by atoms with van der Waals surface area (Å²) in [6.45, 7) is 2.13. The van der Waals surface area contributed by atoms with Crippen molar-refractivity contribution >= 4 is 21.0 Å². The van der Waals surface area contributed by atoms with Crippen LogP contribution in [-0.4, -0.2) is 30.3 Å². The van der Waals surface area contributed by atoms with E-state index >= 15 is 0 Å². The fourth-order valence-corrected chi connectivity index (χ4v) is 5.03. The average molecular weight is 526 g/mol. The van der Waals surface area contributed by atoms with Crippen LogP contribution in [-0.2, 0) is 21.0 Å². The summed E-state index contributed by atoms with van der Waals surface area (Å²) < 4.78 is 109. The molecule has 0 saturated heterocycles. The highest BCUT2D eigenvalue weighted by molar-refractivity contribution is 7.97. The van der Waals surface area contributed by atoms with Gasteiger partial charge in [-0.2, -0.15) is 30.7 Å². The standard InChI is InChI=1S/C19H17S.C3HF7O3S/c1-16-12-14-19(15-13-16)20(17-8-4-2-5-9-17)18-10-6-3-7-11-18;4-1(5,2(6,7)8)3(9,10)14(11,12)13/h2-15H,1H3;(H,11,12,13)/q+1;/p-1. The van der Waals surface area contributed by atoms with Gasteiger partial charge in [-0.25, -0.2) is 8.42 Å². The summed E-state index contributed by atoms with van der Waals surface area (Å²) in [6.07, 6.45) is -6.83. The number of benzene rings is 3. The van der Waals surface area contributed by atoms with Crippen LogP contribution in [0.25, 0.3) is 0 Å². The highest BCUT2D eigenvalue weighted by Crippen LogP contribution is 2.48. The first-order valence-corrected chi connectivity index (χ1v) is 11.9. The molecule has 0 N–H and O–H groups in total. The number of aryl methyl sites for hydroxylation is 1. The van der Waals surface area contributed by atoms with E-state index in [9.17, 15) is 43.7 Å². The molecule has 184 valence electrons. The second-order valence-corrected chi connectivity index (χ2v) is 10.2. The minimum absolute atomic E-state index is 0.0229. The highest BCUT2D eigenvalue weighted by Gasteiger charge is 2.76. The summed E-state index contributed by atoms with van der Waals surface area (Å²) in [5.41, 5.74) is 1.30. The minimum Gasteiger partial charge on any atom is -0.743 e. The maximum Gasteiger partial charge on any atom is 0.461 e. The van der Waals surface area contributed by atoms with Gasteiger partial charge in [0.25, 0.3) is 0 Å². The first-order valence-electron chi connectivity index (χ1n) is 9.28. The minimum atomic E-state index is -7.10. The van der Waals surface area contributed by atoms with Gasteiger partial charge in [0, 0.05) is 0 Å². The lowest BCUT2D eigenvalue weighted by atomic mass is 10.2. The molecule has 0 bridgehead atoms. The Morgan fingerprint density at radius 2 is 1.00 bits per heavy atom. The van der Waals surface area contributed by atoms with E-state index in [1.165, 1.54) is 20.2 Å². The van der Waals surface area contributed by atoms with Gasteiger partial charge in [-0.05, 0) is 43.3 Å². The molecule has 0 amide bonds. The molecule has 0 aliphatic heterocycles. The summed E-state index contributed by atoms with van der Waals surface area (Å²) in [5.74, 6) is -6.92. The van der Waals surface area contributed by atoms with Crippen LogP contribution in [0.4, 0.5) is 30.7 Å². The molecule has 0 spiro atoms. The molecule has 3 aromatic carbocycles. The molecule has 0 aromatic heterocycles. The summed E-state index contributed by atoms with van der Waals surface area (Å²) in [7, 11) is -7.12. The van der Waals surface area contributed by atoms with Crippen LogP contribution in [0.5, 0.6) is 0 Å². The quantitative estimate of drug-likeness (QED) is 0.219. The number of alkyl halides is 7. The second kappa shape index (κ2) is 10.4. The van der Waals surface area contributed by atoms with E-state index < -0.39 is 27.5 Å². The predicted molar refractivity (Wildman–Crippen MR) is 112 cm³/mol. The maximum atomic E-state index is 11.8. The molecule has 12 heteroatoms. The van der Waals surface area contributed by atoms with E-state index in [0.717, 1.165) is 0 Å². The first-order chi connectivity index (χ1) is 15.6. The lowest BCUT2D eigenvalue weighted by Crippen LogP contribution is -2.55. The lowest BCUT2D eigenvalue weighted by Gasteiger charge is -2.29. The van der Waals surface area contributed by atoms with Gasteiger partial charge < -0.3 is 4.55 Å². The molecule has 3 nitrogen and oxygen atoms in total. The zero-order chi connectivity index (χ0) is 25.8. The van der Waals surface area contributed by atoms with Crippen molar-refractivity contribution in [3.8, 4) is 0 Å². The SMILES string of the molecule is Cc1ccc([S+](c2ccccc2)c2ccccc2)cc1.O=S(=O)([O-])C(F)(F)C(F)(F)C(F)(F)F. The van der Waals surface area contributed by atoms with Crippen molar-refractivity contribution in [2.75, 3.05) is 0 Å². The molecule has 0 aliphatic carbocycles. The Kier molecular flexibility index (Phi) is 8.43. The first kappa shape index (κ1) is 27.7. The topological polar surface area (TPSA) is 57.2 Å². The molecule has 0 heterocycles. The van der Waals surface area contributed by atoms with Crippen LogP contribution >= 0.6 is 0 Å². The maximum absolute atomic E-state index is 11.8. The van der Waals surface area contributed by atoms with Crippen LogP contribution in [0, 0.1) is 6.92 Å². The van der Waals surface area contributed by atoms with Crippen molar-refractivity contribution in [2.24, 2.45) is 0 Å². The number of rotatable bonds is 5. The molecule has 0 unspecified atom stereocenters. The van der Waals surface area contributed by atoms with Gasteiger partial charge in [0.15, 0.2) is 24.8 Å². The highest BCUT2D eigenvalue weighted by atomic mass is 32.2. The van der Waals surface area contributed by atoms with E-state index in [4.69, 9.17) is 0 Å². The number of halogens is 7. The van der Waals surface area contributed by atoms with E-state index in [1.807, 2.05) is 0 Å². The van der Waals surface area contributed by atoms with Crippen molar-refractivity contribution < 1.29 is 43.7 Å². The largest absolute Gasteiger partial charge is 0.743 e. The van der Waals surface area contributed by atoms with Crippen molar-refractivity contribution in [1.29, 1.82) is 0 Å². The Balaban J connectivity index is 0.000000259. The van der Waals surface area contributed by atoms with E-state index in [-0.39, 0.29) is 10.9 Å². The van der Waals surface area contributed by atoms with Gasteiger partial charge in [0.2, 0.25) is 0 Å². The Bertz CT molecular complexity index is 1130. The molecule has 3 rings (SSSR count). The molecular weight excluding hydrogens is 509 g/mol. The van der Waals surface area contributed by atoms with Crippen LogP contribution in [0.1, 0.15) is 5.56 Å². The van der Waals surface area contributed by atoms with Crippen LogP contribution in [0.2, 0.25) is 0 Å². The molecular formula is C22H17F7O3S2. The molecule has 0 atom stereocenters. The van der Waals surface area contributed by atoms with E-state index in [1.54, 1.807) is 0 Å². The lowest BCUT2D eigenvalue weighted by molar-refractivity contribution is -0.333. The fraction of sp³-hybridized carbons (Fsp3) is 0.182. The van der Waals surface area contributed by atoms with Gasteiger partial charge in [-0.3, -0.25) is 0 Å². The van der Waals surface area contributed by atoms with Gasteiger partial charge in [0.1, 0.15) is 0 Å². The summed E-state index contributed by atoms with van der Waals surface area (Å²) in [6, 6.07) is 30.4. The molecule has 34 heavy (non-hydrogen) atoms. The Hall–Kier alpha value is -2.57. The Labute approximate surface area is 194 Å². The second-order valence-electron chi connectivity index (χ2n) is 6.79. The smallest absolute Gasteiger partial charge is 0.461 e. The normalized spacial score (nSPS) is 12.8. The van der Waals surface area contributed by atoms with Gasteiger partial charge in [-0.1, -0.05) is 54.1 Å². The van der Waals surface area contributed by atoms with Gasteiger partial charge in [0.05, 0.1) is 10.9 Å². The Morgan fingerprint density at radius 1 is 0.647 bits per heavy atom. The molecule has 0 aliphatic rings. The van der Waals surface area contributed by atoms with Gasteiger partial charge in [-0.15, -0.1) is 0 Å². The molecule has 0 saturated carbocycles. The third kappa shape index (κ3) is 6.10. The molecule has 0 radical (unpaired) electrons.